The van der Waals surface area contributed by atoms with Crippen LogP contribution in [0.2, 0.25) is 0 Å². The molecule has 0 atom stereocenters. The molecule has 0 saturated carbocycles. The fraction of sp³-hybridized carbons (Fsp3) is 0.0400. The van der Waals surface area contributed by atoms with Crippen LogP contribution in [0.5, 0.6) is 0 Å². The van der Waals surface area contributed by atoms with Crippen molar-refractivity contribution in [3.8, 4) is 0 Å². The molecule has 51 heavy (non-hydrogen) atoms. The molecule has 0 amide bonds. The molecular weight excluding hydrogens is 633 g/mol. The lowest BCUT2D eigenvalue weighted by molar-refractivity contribution is 0.483. The SMILES string of the molecule is c1ccc(C(c2ccccc2)(c2ccccc2)C(c2ccccc2)(c2ccccc2)S(c2ccccc2)(c2ccccc2)c2ccccc2)cc1. The van der Waals surface area contributed by atoms with E-state index in [1.807, 2.05) is 0 Å². The van der Waals surface area contributed by atoms with Crippen LogP contribution in [0.25, 0.3) is 0 Å². The average molecular weight is 673 g/mol. The summed E-state index contributed by atoms with van der Waals surface area (Å²) in [6.45, 7) is 0. The average Bonchev–Trinajstić information content (AvgIpc) is 3.24. The van der Waals surface area contributed by atoms with Gasteiger partial charge in [0.05, 0.1) is 10.2 Å². The van der Waals surface area contributed by atoms with Crippen molar-refractivity contribution >= 4 is 10.0 Å². The Labute approximate surface area is 304 Å². The summed E-state index contributed by atoms with van der Waals surface area (Å²) in [6, 6.07) is 90.6. The molecule has 0 aromatic heterocycles. The largest absolute Gasteiger partial charge is 0.145 e. The molecule has 8 aromatic carbocycles. The third-order valence-electron chi connectivity index (χ3n) is 10.3. The Morgan fingerprint density at radius 2 is 0.412 bits per heavy atom. The predicted octanol–water partition coefficient (Wildman–Crippen LogP) is 12.9. The van der Waals surface area contributed by atoms with E-state index in [0.717, 1.165) is 0 Å². The number of hydrogen-bond acceptors (Lipinski definition) is 0. The minimum atomic E-state index is -2.34. The summed E-state index contributed by atoms with van der Waals surface area (Å²) < 4.78 is -0.781. The van der Waals surface area contributed by atoms with Gasteiger partial charge in [0.15, 0.2) is 0 Å². The van der Waals surface area contributed by atoms with Gasteiger partial charge in [0.2, 0.25) is 0 Å². The Morgan fingerprint density at radius 3 is 0.647 bits per heavy atom. The van der Waals surface area contributed by atoms with E-state index in [0.29, 0.717) is 0 Å². The molecule has 8 rings (SSSR count). The highest BCUT2D eigenvalue weighted by atomic mass is 32.3. The molecule has 8 aromatic rings. The third kappa shape index (κ3) is 5.08. The second kappa shape index (κ2) is 14.2. The van der Waals surface area contributed by atoms with Crippen molar-refractivity contribution in [2.45, 2.75) is 24.8 Å². The monoisotopic (exact) mass is 672 g/mol. The molecule has 0 heterocycles. The lowest BCUT2D eigenvalue weighted by Gasteiger charge is -2.65. The van der Waals surface area contributed by atoms with Gasteiger partial charge in [0.1, 0.15) is 0 Å². The summed E-state index contributed by atoms with van der Waals surface area (Å²) in [6.07, 6.45) is 0. The number of rotatable bonds is 10. The van der Waals surface area contributed by atoms with E-state index in [4.69, 9.17) is 0 Å². The van der Waals surface area contributed by atoms with E-state index >= 15 is 0 Å². The fourth-order valence-corrected chi connectivity index (χ4v) is 13.9. The van der Waals surface area contributed by atoms with Crippen LogP contribution in [0.4, 0.5) is 0 Å². The van der Waals surface area contributed by atoms with Crippen molar-refractivity contribution in [1.29, 1.82) is 0 Å². The molecule has 0 spiro atoms. The summed E-state index contributed by atoms with van der Waals surface area (Å²) in [5, 5.41) is 0. The van der Waals surface area contributed by atoms with Crippen LogP contribution in [0, 0.1) is 0 Å². The maximum Gasteiger partial charge on any atom is 0.0795 e. The van der Waals surface area contributed by atoms with E-state index in [1.165, 1.54) is 42.5 Å². The third-order valence-corrected chi connectivity index (χ3v) is 14.9. The highest BCUT2D eigenvalue weighted by Crippen LogP contribution is 2.85. The molecule has 0 aliphatic heterocycles. The Bertz CT molecular complexity index is 1890. The quantitative estimate of drug-likeness (QED) is 0.127. The maximum absolute atomic E-state index is 2.38. The topological polar surface area (TPSA) is 0 Å². The first kappa shape index (κ1) is 32.3. The lowest BCUT2D eigenvalue weighted by atomic mass is 9.57. The summed E-state index contributed by atoms with van der Waals surface area (Å²) in [5.41, 5.74) is 5.43. The number of benzene rings is 8. The van der Waals surface area contributed by atoms with Gasteiger partial charge in [-0.05, 0) is 78.9 Å². The van der Waals surface area contributed by atoms with E-state index in [9.17, 15) is 0 Å². The van der Waals surface area contributed by atoms with Gasteiger partial charge in [-0.2, -0.15) is 0 Å². The zero-order valence-corrected chi connectivity index (χ0v) is 29.3. The molecule has 0 unspecified atom stereocenters. The van der Waals surface area contributed by atoms with Crippen molar-refractivity contribution in [3.63, 3.8) is 0 Å². The van der Waals surface area contributed by atoms with Gasteiger partial charge in [0.25, 0.3) is 0 Å². The smallest absolute Gasteiger partial charge is 0.0795 e. The highest BCUT2D eigenvalue weighted by molar-refractivity contribution is 8.34. The number of hydrogen-bond donors (Lipinski definition) is 0. The summed E-state index contributed by atoms with van der Waals surface area (Å²) >= 11 is 0. The van der Waals surface area contributed by atoms with E-state index in [2.05, 4.69) is 243 Å². The van der Waals surface area contributed by atoms with Gasteiger partial charge in [0, 0.05) is 0 Å². The minimum absolute atomic E-state index is 0.768. The molecule has 0 fully saturated rings. The zero-order valence-electron chi connectivity index (χ0n) is 28.5. The zero-order chi connectivity index (χ0) is 34.4. The van der Waals surface area contributed by atoms with E-state index in [-0.39, 0.29) is 0 Å². The summed E-state index contributed by atoms with van der Waals surface area (Å²) in [4.78, 5) is 3.88. The van der Waals surface area contributed by atoms with Gasteiger partial charge in [-0.1, -0.05) is 206 Å². The normalized spacial score (nSPS) is 12.2. The van der Waals surface area contributed by atoms with E-state index in [1.54, 1.807) is 0 Å². The van der Waals surface area contributed by atoms with Crippen LogP contribution in [0.1, 0.15) is 27.8 Å². The Hall–Kier alpha value is -5.89. The van der Waals surface area contributed by atoms with E-state index < -0.39 is 20.2 Å². The van der Waals surface area contributed by atoms with Gasteiger partial charge in [-0.25, -0.2) is 0 Å². The van der Waals surface area contributed by atoms with Crippen molar-refractivity contribution in [2.75, 3.05) is 0 Å². The van der Waals surface area contributed by atoms with Gasteiger partial charge in [-0.15, -0.1) is 10.0 Å². The molecule has 246 valence electrons. The van der Waals surface area contributed by atoms with Crippen molar-refractivity contribution in [1.82, 2.24) is 0 Å². The molecule has 0 N–H and O–H groups in total. The Balaban J connectivity index is 1.79. The first-order chi connectivity index (χ1) is 25.3. The predicted molar refractivity (Wildman–Crippen MR) is 215 cm³/mol. The molecule has 0 aliphatic rings. The van der Waals surface area contributed by atoms with Gasteiger partial charge in [-0.3, -0.25) is 0 Å². The molecular formula is C50H40S. The molecule has 1 heteroatoms. The van der Waals surface area contributed by atoms with Crippen molar-refractivity contribution in [2.24, 2.45) is 0 Å². The van der Waals surface area contributed by atoms with Crippen molar-refractivity contribution in [3.05, 3.63) is 270 Å². The standard InChI is InChI=1S/C50H40S/c1-9-25-41(26-10-1)49(42-27-11-2-12-28-42,43-29-13-3-14-30-43)50(44-31-15-4-16-32-44,45-33-17-5-18-34-45)51(46-35-19-6-20-36-46,47-37-21-7-22-38-47)48-39-23-8-24-40-48/h1-40H. The van der Waals surface area contributed by atoms with Crippen LogP contribution < -0.4 is 0 Å². The summed E-state index contributed by atoms with van der Waals surface area (Å²) in [7, 11) is -2.34. The molecule has 0 bridgehead atoms. The van der Waals surface area contributed by atoms with Gasteiger partial charge >= 0.3 is 0 Å². The minimum Gasteiger partial charge on any atom is -0.145 e. The summed E-state index contributed by atoms with van der Waals surface area (Å²) in [5.74, 6) is 0. The second-order valence-electron chi connectivity index (χ2n) is 12.8. The molecule has 0 radical (unpaired) electrons. The molecule has 0 saturated heterocycles. The molecule has 0 aliphatic carbocycles. The Kier molecular flexibility index (Phi) is 8.97. The fourth-order valence-electron chi connectivity index (χ4n) is 8.52. The Morgan fingerprint density at radius 1 is 0.216 bits per heavy atom. The highest BCUT2D eigenvalue weighted by Gasteiger charge is 2.66. The van der Waals surface area contributed by atoms with Crippen molar-refractivity contribution < 1.29 is 0 Å². The maximum atomic E-state index is 2.38. The van der Waals surface area contributed by atoms with Crippen LogP contribution in [-0.4, -0.2) is 0 Å². The van der Waals surface area contributed by atoms with Crippen LogP contribution in [0.15, 0.2) is 257 Å². The van der Waals surface area contributed by atoms with Crippen LogP contribution >= 0.6 is 10.0 Å². The first-order valence-electron chi connectivity index (χ1n) is 17.6. The second-order valence-corrected chi connectivity index (χ2v) is 16.1. The lowest BCUT2D eigenvalue weighted by Crippen LogP contribution is -2.55. The van der Waals surface area contributed by atoms with Gasteiger partial charge < -0.3 is 0 Å². The van der Waals surface area contributed by atoms with Crippen LogP contribution in [0.3, 0.4) is 0 Å². The molecule has 0 nitrogen and oxygen atoms in total. The first-order valence-corrected chi connectivity index (χ1v) is 19.2. The van der Waals surface area contributed by atoms with Crippen LogP contribution in [-0.2, 0) is 10.2 Å².